The number of carbonyl (C=O) groups excluding carboxylic acids is 1. The number of aromatic nitrogens is 2. The Balaban J connectivity index is 0.00000131. The second-order valence-corrected chi connectivity index (χ2v) is 7.53. The molecule has 7 heteroatoms. The van der Waals surface area contributed by atoms with E-state index in [0.717, 1.165) is 25.3 Å². The molecule has 0 spiro atoms. The summed E-state index contributed by atoms with van der Waals surface area (Å²) >= 11 is 0. The van der Waals surface area contributed by atoms with E-state index in [4.69, 9.17) is 5.73 Å². The standard InChI is InChI=1S/C20H26N4O.2ClH/c21-19(20(25)24-11-16-7-4-8-17(16)12-24)9-18-13-23(14-22-18)10-15-5-2-1-3-6-15;;/h1-3,5-6,13-14,16-17,19H,4,7-12,21H2;2*1H/t16?,17?,19-;;/m0../s1. The van der Waals surface area contributed by atoms with Crippen molar-refractivity contribution in [2.24, 2.45) is 17.6 Å². The van der Waals surface area contributed by atoms with Crippen LogP contribution < -0.4 is 5.73 Å². The van der Waals surface area contributed by atoms with Crippen molar-refractivity contribution in [3.05, 3.63) is 54.1 Å². The Kier molecular flexibility index (Phi) is 7.71. The summed E-state index contributed by atoms with van der Waals surface area (Å²) in [4.78, 5) is 19.1. The molecule has 1 saturated heterocycles. The first-order valence-corrected chi connectivity index (χ1v) is 9.28. The van der Waals surface area contributed by atoms with Gasteiger partial charge in [0.05, 0.1) is 18.1 Å². The number of halogens is 2. The Morgan fingerprint density at radius 1 is 1.15 bits per heavy atom. The molecule has 4 rings (SSSR count). The van der Waals surface area contributed by atoms with E-state index in [1.165, 1.54) is 24.8 Å². The third-order valence-corrected chi connectivity index (χ3v) is 5.68. The van der Waals surface area contributed by atoms with Gasteiger partial charge in [-0.1, -0.05) is 36.8 Å². The highest BCUT2D eigenvalue weighted by Gasteiger charge is 2.39. The van der Waals surface area contributed by atoms with Crippen molar-refractivity contribution in [1.82, 2.24) is 14.5 Å². The van der Waals surface area contributed by atoms with Gasteiger partial charge in [0.1, 0.15) is 0 Å². The SMILES string of the molecule is Cl.Cl.N[C@@H](Cc1cn(Cc2ccccc2)cn1)C(=O)N1CC2CCCC2C1. The summed E-state index contributed by atoms with van der Waals surface area (Å²) in [6, 6.07) is 9.79. The molecule has 2 aliphatic rings. The number of hydrogen-bond acceptors (Lipinski definition) is 3. The first-order chi connectivity index (χ1) is 12.2. The number of imidazole rings is 1. The third-order valence-electron chi connectivity index (χ3n) is 5.68. The lowest BCUT2D eigenvalue weighted by atomic mass is 10.0. The van der Waals surface area contributed by atoms with Gasteiger partial charge in [0, 0.05) is 32.3 Å². The summed E-state index contributed by atoms with van der Waals surface area (Å²) in [7, 11) is 0. The normalized spacial score (nSPS) is 21.9. The van der Waals surface area contributed by atoms with E-state index in [9.17, 15) is 4.79 Å². The largest absolute Gasteiger partial charge is 0.341 e. The maximum atomic E-state index is 12.6. The zero-order valence-corrected chi connectivity index (χ0v) is 17.0. The minimum absolute atomic E-state index is 0. The van der Waals surface area contributed by atoms with Gasteiger partial charge in [-0.2, -0.15) is 0 Å². The van der Waals surface area contributed by atoms with Crippen LogP contribution in [0.15, 0.2) is 42.9 Å². The summed E-state index contributed by atoms with van der Waals surface area (Å²) < 4.78 is 2.04. The van der Waals surface area contributed by atoms with Crippen molar-refractivity contribution in [1.29, 1.82) is 0 Å². The van der Waals surface area contributed by atoms with Gasteiger partial charge in [0.25, 0.3) is 0 Å². The number of likely N-dealkylation sites (tertiary alicyclic amines) is 1. The molecule has 0 radical (unpaired) electrons. The van der Waals surface area contributed by atoms with Gasteiger partial charge < -0.3 is 15.2 Å². The summed E-state index contributed by atoms with van der Waals surface area (Å²) in [5, 5.41) is 0. The minimum atomic E-state index is -0.487. The average molecular weight is 411 g/mol. The van der Waals surface area contributed by atoms with Crippen molar-refractivity contribution in [3.63, 3.8) is 0 Å². The number of hydrogen-bond donors (Lipinski definition) is 1. The molecule has 2 heterocycles. The monoisotopic (exact) mass is 410 g/mol. The van der Waals surface area contributed by atoms with Crippen molar-refractivity contribution < 1.29 is 4.79 Å². The smallest absolute Gasteiger partial charge is 0.239 e. The fraction of sp³-hybridized carbons (Fsp3) is 0.500. The fourth-order valence-corrected chi connectivity index (χ4v) is 4.35. The highest BCUT2D eigenvalue weighted by molar-refractivity contribution is 5.85. The highest BCUT2D eigenvalue weighted by Crippen LogP contribution is 2.37. The minimum Gasteiger partial charge on any atom is -0.341 e. The lowest BCUT2D eigenvalue weighted by molar-refractivity contribution is -0.131. The van der Waals surface area contributed by atoms with Crippen molar-refractivity contribution in [2.75, 3.05) is 13.1 Å². The van der Waals surface area contributed by atoms with Crippen molar-refractivity contribution in [2.45, 2.75) is 38.3 Å². The fourth-order valence-electron chi connectivity index (χ4n) is 4.35. The molecule has 2 fully saturated rings. The Labute approximate surface area is 173 Å². The molecule has 1 saturated carbocycles. The molecule has 2 N–H and O–H groups in total. The maximum Gasteiger partial charge on any atom is 0.239 e. The van der Waals surface area contributed by atoms with Crippen LogP contribution in [0.4, 0.5) is 0 Å². The van der Waals surface area contributed by atoms with E-state index in [1.807, 2.05) is 40.2 Å². The number of benzene rings is 1. The summed E-state index contributed by atoms with van der Waals surface area (Å²) in [5.41, 5.74) is 8.32. The molecule has 1 amide bonds. The van der Waals surface area contributed by atoms with Gasteiger partial charge in [0.15, 0.2) is 0 Å². The van der Waals surface area contributed by atoms with E-state index in [0.29, 0.717) is 18.3 Å². The molecule has 1 aliphatic heterocycles. The molecule has 1 aliphatic carbocycles. The van der Waals surface area contributed by atoms with E-state index in [-0.39, 0.29) is 30.7 Å². The summed E-state index contributed by atoms with van der Waals surface area (Å²) in [6.07, 6.45) is 8.19. The predicted molar refractivity (Wildman–Crippen MR) is 111 cm³/mol. The van der Waals surface area contributed by atoms with Crippen LogP contribution >= 0.6 is 24.8 Å². The van der Waals surface area contributed by atoms with Crippen LogP contribution in [0, 0.1) is 11.8 Å². The Hall–Kier alpha value is -1.56. The quantitative estimate of drug-likeness (QED) is 0.823. The number of rotatable bonds is 5. The molecule has 0 bridgehead atoms. The van der Waals surface area contributed by atoms with Gasteiger partial charge in [-0.15, -0.1) is 24.8 Å². The van der Waals surface area contributed by atoms with E-state index in [1.54, 1.807) is 0 Å². The second kappa shape index (κ2) is 9.58. The van der Waals surface area contributed by atoms with Crippen LogP contribution in [0.25, 0.3) is 0 Å². The van der Waals surface area contributed by atoms with E-state index < -0.39 is 6.04 Å². The molecule has 27 heavy (non-hydrogen) atoms. The lowest BCUT2D eigenvalue weighted by Gasteiger charge is -2.21. The molecule has 3 atom stereocenters. The van der Waals surface area contributed by atoms with Crippen molar-refractivity contribution in [3.8, 4) is 0 Å². The number of amides is 1. The number of carbonyl (C=O) groups is 1. The zero-order valence-electron chi connectivity index (χ0n) is 15.4. The van der Waals surface area contributed by atoms with E-state index >= 15 is 0 Å². The number of nitrogens with two attached hydrogens (primary N) is 1. The first kappa shape index (κ1) is 21.7. The summed E-state index contributed by atoms with van der Waals surface area (Å²) in [5.74, 6) is 1.51. The number of fused-ring (bicyclic) bond motifs is 1. The Morgan fingerprint density at radius 3 is 2.48 bits per heavy atom. The molecule has 1 aromatic heterocycles. The van der Waals surface area contributed by atoms with Gasteiger partial charge in [-0.3, -0.25) is 4.79 Å². The van der Waals surface area contributed by atoms with E-state index in [2.05, 4.69) is 17.1 Å². The molecule has 1 aromatic carbocycles. The Morgan fingerprint density at radius 2 is 1.81 bits per heavy atom. The van der Waals surface area contributed by atoms with Crippen LogP contribution in [0.3, 0.4) is 0 Å². The highest BCUT2D eigenvalue weighted by atomic mass is 35.5. The van der Waals surface area contributed by atoms with Crippen LogP contribution in [-0.4, -0.2) is 39.5 Å². The lowest BCUT2D eigenvalue weighted by Crippen LogP contribution is -2.44. The number of nitrogens with zero attached hydrogens (tertiary/aromatic N) is 3. The summed E-state index contributed by atoms with van der Waals surface area (Å²) in [6.45, 7) is 2.59. The molecule has 148 valence electrons. The topological polar surface area (TPSA) is 64.2 Å². The van der Waals surface area contributed by atoms with Crippen molar-refractivity contribution >= 4 is 30.7 Å². The molecule has 2 unspecified atom stereocenters. The first-order valence-electron chi connectivity index (χ1n) is 9.28. The molecular weight excluding hydrogens is 383 g/mol. The van der Waals surface area contributed by atoms with Gasteiger partial charge in [0.2, 0.25) is 5.91 Å². The van der Waals surface area contributed by atoms with Crippen LogP contribution in [0.5, 0.6) is 0 Å². The van der Waals surface area contributed by atoms with Gasteiger partial charge in [-0.05, 0) is 30.2 Å². The van der Waals surface area contributed by atoms with Crippen LogP contribution in [0.2, 0.25) is 0 Å². The predicted octanol–water partition coefficient (Wildman–Crippen LogP) is 2.90. The Bertz CT molecular complexity index is 725. The molecular formula is C20H28Cl2N4O. The van der Waals surface area contributed by atoms with Gasteiger partial charge in [-0.25, -0.2) is 4.98 Å². The van der Waals surface area contributed by atoms with Crippen LogP contribution in [-0.2, 0) is 17.8 Å². The van der Waals surface area contributed by atoms with Crippen LogP contribution in [0.1, 0.15) is 30.5 Å². The molecule has 5 nitrogen and oxygen atoms in total. The third kappa shape index (κ3) is 5.03. The van der Waals surface area contributed by atoms with Gasteiger partial charge >= 0.3 is 0 Å². The maximum absolute atomic E-state index is 12.6. The second-order valence-electron chi connectivity index (χ2n) is 7.53. The average Bonchev–Trinajstić information content (AvgIpc) is 3.31. The molecule has 2 aromatic rings. The zero-order chi connectivity index (χ0) is 17.2.